The van der Waals surface area contributed by atoms with Crippen molar-refractivity contribution in [3.63, 3.8) is 0 Å². The molecule has 0 atom stereocenters. The number of hydrogen-bond acceptors (Lipinski definition) is 6. The van der Waals surface area contributed by atoms with Crippen molar-refractivity contribution in [3.05, 3.63) is 77.4 Å². The number of carbonyl (C=O) groups excluding carboxylic acids is 1. The lowest BCUT2D eigenvalue weighted by Crippen LogP contribution is -2.27. The van der Waals surface area contributed by atoms with Crippen LogP contribution in [0.25, 0.3) is 0 Å². The van der Waals surface area contributed by atoms with Crippen molar-refractivity contribution in [3.8, 4) is 17.2 Å². The number of amides is 1. The Morgan fingerprint density at radius 2 is 1.53 bits per heavy atom. The van der Waals surface area contributed by atoms with Crippen LogP contribution in [0.1, 0.15) is 21.5 Å². The van der Waals surface area contributed by atoms with Crippen LogP contribution in [-0.2, 0) is 16.4 Å². The molecule has 34 heavy (non-hydrogen) atoms. The predicted molar refractivity (Wildman–Crippen MR) is 131 cm³/mol. The zero-order valence-electron chi connectivity index (χ0n) is 19.5. The minimum Gasteiger partial charge on any atom is -0.497 e. The summed E-state index contributed by atoms with van der Waals surface area (Å²) in [5.74, 6) is 1.61. The van der Waals surface area contributed by atoms with Crippen LogP contribution in [0.2, 0.25) is 0 Å². The lowest BCUT2D eigenvalue weighted by atomic mass is 10.1. The van der Waals surface area contributed by atoms with Crippen molar-refractivity contribution in [1.82, 2.24) is 5.32 Å². The standard InChI is InChI=1S/C25H28N2O6S/c1-17-5-12-22(34(29,30)27-19-7-10-20(31-2)11-8-19)16-23(17)25(28)26-14-13-18-6-9-21(32-3)15-24(18)33-4/h5-12,15-16,27H,13-14H2,1-4H3,(H,26,28). The molecule has 0 aliphatic heterocycles. The lowest BCUT2D eigenvalue weighted by molar-refractivity contribution is 0.0953. The van der Waals surface area contributed by atoms with Gasteiger partial charge in [0.15, 0.2) is 0 Å². The molecule has 2 N–H and O–H groups in total. The van der Waals surface area contributed by atoms with Gasteiger partial charge < -0.3 is 19.5 Å². The molecule has 180 valence electrons. The van der Waals surface area contributed by atoms with Crippen molar-refractivity contribution in [2.24, 2.45) is 0 Å². The highest BCUT2D eigenvalue weighted by atomic mass is 32.2. The van der Waals surface area contributed by atoms with Crippen LogP contribution < -0.4 is 24.2 Å². The van der Waals surface area contributed by atoms with Gasteiger partial charge in [0.2, 0.25) is 0 Å². The fourth-order valence-electron chi connectivity index (χ4n) is 3.35. The van der Waals surface area contributed by atoms with E-state index in [1.807, 2.05) is 12.1 Å². The number of nitrogens with one attached hydrogen (secondary N) is 2. The molecule has 0 radical (unpaired) electrons. The molecular formula is C25H28N2O6S. The Bertz CT molecular complexity index is 1260. The first-order valence-corrected chi connectivity index (χ1v) is 12.0. The van der Waals surface area contributed by atoms with Crippen LogP contribution in [0.5, 0.6) is 17.2 Å². The molecule has 0 unspecified atom stereocenters. The predicted octanol–water partition coefficient (Wildman–Crippen LogP) is 3.79. The van der Waals surface area contributed by atoms with E-state index in [1.165, 1.54) is 19.2 Å². The van der Waals surface area contributed by atoms with E-state index in [4.69, 9.17) is 14.2 Å². The summed E-state index contributed by atoms with van der Waals surface area (Å²) in [6.45, 7) is 2.11. The maximum atomic E-state index is 12.9. The first-order valence-electron chi connectivity index (χ1n) is 10.5. The number of hydrogen-bond donors (Lipinski definition) is 2. The molecule has 0 aromatic heterocycles. The van der Waals surface area contributed by atoms with Gasteiger partial charge in [-0.1, -0.05) is 12.1 Å². The zero-order valence-corrected chi connectivity index (χ0v) is 20.4. The molecule has 3 aromatic rings. The third-order valence-corrected chi connectivity index (χ3v) is 6.66. The number of sulfonamides is 1. The largest absolute Gasteiger partial charge is 0.497 e. The number of ether oxygens (including phenoxy) is 3. The molecule has 0 saturated heterocycles. The van der Waals surface area contributed by atoms with Crippen molar-refractivity contribution < 1.29 is 27.4 Å². The number of rotatable bonds is 10. The minimum absolute atomic E-state index is 0.00380. The van der Waals surface area contributed by atoms with Crippen molar-refractivity contribution in [2.45, 2.75) is 18.2 Å². The molecule has 0 spiro atoms. The molecule has 9 heteroatoms. The summed E-state index contributed by atoms with van der Waals surface area (Å²) < 4.78 is 43.9. The van der Waals surface area contributed by atoms with E-state index >= 15 is 0 Å². The SMILES string of the molecule is COc1ccc(NS(=O)(=O)c2ccc(C)c(C(=O)NCCc3ccc(OC)cc3OC)c2)cc1. The smallest absolute Gasteiger partial charge is 0.261 e. The Morgan fingerprint density at radius 1 is 0.853 bits per heavy atom. The van der Waals surface area contributed by atoms with E-state index in [-0.39, 0.29) is 10.8 Å². The molecule has 0 bridgehead atoms. The first kappa shape index (κ1) is 24.9. The Kier molecular flexibility index (Phi) is 8.01. The number of aryl methyl sites for hydroxylation is 1. The summed E-state index contributed by atoms with van der Waals surface area (Å²) in [5, 5.41) is 2.85. The Labute approximate surface area is 199 Å². The second-order valence-electron chi connectivity index (χ2n) is 7.49. The summed E-state index contributed by atoms with van der Waals surface area (Å²) in [6, 6.07) is 16.5. The number of carbonyl (C=O) groups is 1. The first-order chi connectivity index (χ1) is 16.3. The second kappa shape index (κ2) is 10.9. The quantitative estimate of drug-likeness (QED) is 0.454. The van der Waals surface area contributed by atoms with Gasteiger partial charge >= 0.3 is 0 Å². The van der Waals surface area contributed by atoms with Crippen LogP contribution in [0.4, 0.5) is 5.69 Å². The third-order valence-electron chi connectivity index (χ3n) is 5.28. The fourth-order valence-corrected chi connectivity index (χ4v) is 4.43. The highest BCUT2D eigenvalue weighted by Gasteiger charge is 2.18. The summed E-state index contributed by atoms with van der Waals surface area (Å²) in [5.41, 5.74) is 2.27. The average Bonchev–Trinajstić information content (AvgIpc) is 2.84. The molecular weight excluding hydrogens is 456 g/mol. The van der Waals surface area contributed by atoms with Crippen molar-refractivity contribution in [2.75, 3.05) is 32.6 Å². The van der Waals surface area contributed by atoms with Gasteiger partial charge in [-0.15, -0.1) is 0 Å². The summed E-state index contributed by atoms with van der Waals surface area (Å²) in [6.07, 6.45) is 0.537. The number of benzene rings is 3. The summed E-state index contributed by atoms with van der Waals surface area (Å²) in [4.78, 5) is 12.8. The molecule has 3 aromatic carbocycles. The molecule has 1 amide bonds. The van der Waals surface area contributed by atoms with Crippen LogP contribution >= 0.6 is 0 Å². The third kappa shape index (κ3) is 5.99. The van der Waals surface area contributed by atoms with Crippen molar-refractivity contribution >= 4 is 21.6 Å². The second-order valence-corrected chi connectivity index (χ2v) is 9.18. The molecule has 0 heterocycles. The summed E-state index contributed by atoms with van der Waals surface area (Å²) in [7, 11) is 0.806. The Morgan fingerprint density at radius 3 is 2.18 bits per heavy atom. The van der Waals surface area contributed by atoms with Gasteiger partial charge in [-0.3, -0.25) is 9.52 Å². The van der Waals surface area contributed by atoms with Gasteiger partial charge in [0, 0.05) is 23.9 Å². The van der Waals surface area contributed by atoms with E-state index in [1.54, 1.807) is 57.5 Å². The molecule has 0 aliphatic rings. The van der Waals surface area contributed by atoms with Gasteiger partial charge in [-0.05, 0) is 66.9 Å². The molecule has 0 saturated carbocycles. The van der Waals surface area contributed by atoms with Gasteiger partial charge in [-0.25, -0.2) is 8.42 Å². The van der Waals surface area contributed by atoms with Gasteiger partial charge in [-0.2, -0.15) is 0 Å². The van der Waals surface area contributed by atoms with E-state index in [0.29, 0.717) is 47.0 Å². The Hall–Kier alpha value is -3.72. The summed E-state index contributed by atoms with van der Waals surface area (Å²) >= 11 is 0. The number of methoxy groups -OCH3 is 3. The minimum atomic E-state index is -3.88. The molecule has 8 nitrogen and oxygen atoms in total. The maximum absolute atomic E-state index is 12.9. The van der Waals surface area contributed by atoms with Gasteiger partial charge in [0.1, 0.15) is 17.2 Å². The topological polar surface area (TPSA) is 103 Å². The van der Waals surface area contributed by atoms with Crippen LogP contribution in [0.3, 0.4) is 0 Å². The number of anilines is 1. The lowest BCUT2D eigenvalue weighted by Gasteiger charge is -2.13. The van der Waals surface area contributed by atoms with E-state index in [0.717, 1.165) is 5.56 Å². The average molecular weight is 485 g/mol. The highest BCUT2D eigenvalue weighted by molar-refractivity contribution is 7.92. The maximum Gasteiger partial charge on any atom is 0.261 e. The van der Waals surface area contributed by atoms with Gasteiger partial charge in [0.05, 0.1) is 26.2 Å². The van der Waals surface area contributed by atoms with E-state index in [2.05, 4.69) is 10.0 Å². The van der Waals surface area contributed by atoms with E-state index < -0.39 is 10.0 Å². The fraction of sp³-hybridized carbons (Fsp3) is 0.240. The molecule has 0 aliphatic carbocycles. The monoisotopic (exact) mass is 484 g/mol. The van der Waals surface area contributed by atoms with Crippen LogP contribution in [0.15, 0.2) is 65.6 Å². The Balaban J connectivity index is 1.70. The van der Waals surface area contributed by atoms with Crippen LogP contribution in [-0.4, -0.2) is 42.2 Å². The van der Waals surface area contributed by atoms with Crippen LogP contribution in [0, 0.1) is 6.92 Å². The molecule has 3 rings (SSSR count). The normalized spacial score (nSPS) is 10.9. The zero-order chi connectivity index (χ0) is 24.7. The molecule has 0 fully saturated rings. The van der Waals surface area contributed by atoms with Crippen molar-refractivity contribution in [1.29, 1.82) is 0 Å². The van der Waals surface area contributed by atoms with E-state index in [9.17, 15) is 13.2 Å². The van der Waals surface area contributed by atoms with Gasteiger partial charge in [0.25, 0.3) is 15.9 Å². The highest BCUT2D eigenvalue weighted by Crippen LogP contribution is 2.25.